The number of piperazine rings is 1. The summed E-state index contributed by atoms with van der Waals surface area (Å²) in [5.41, 5.74) is 1.88. The molecule has 2 saturated heterocycles. The van der Waals surface area contributed by atoms with Crippen LogP contribution in [-0.2, 0) is 14.3 Å². The molecular weight excluding hydrogens is 406 g/mol. The van der Waals surface area contributed by atoms with Gasteiger partial charge in [-0.25, -0.2) is 0 Å². The summed E-state index contributed by atoms with van der Waals surface area (Å²) in [7, 11) is 0. The lowest BCUT2D eigenvalue weighted by atomic mass is 10.1. The number of hydrogen-bond donors (Lipinski definition) is 0. The predicted octanol–water partition coefficient (Wildman–Crippen LogP) is 2.21. The monoisotopic (exact) mass is 437 g/mol. The lowest BCUT2D eigenvalue weighted by Gasteiger charge is -2.36. The molecule has 0 saturated carbocycles. The van der Waals surface area contributed by atoms with Gasteiger partial charge in [-0.15, -0.1) is 10.2 Å². The highest BCUT2D eigenvalue weighted by molar-refractivity contribution is 5.85. The molecule has 0 N–H and O–H groups in total. The number of ether oxygens (including phenoxy) is 1. The van der Waals surface area contributed by atoms with Crippen LogP contribution in [0.25, 0.3) is 11.3 Å². The molecule has 2 aliphatic rings. The zero-order valence-electron chi connectivity index (χ0n) is 18.7. The van der Waals surface area contributed by atoms with E-state index >= 15 is 0 Å². The van der Waals surface area contributed by atoms with Crippen LogP contribution in [0.1, 0.15) is 26.2 Å². The van der Waals surface area contributed by atoms with Crippen LogP contribution in [-0.4, -0.2) is 83.8 Å². The first kappa shape index (κ1) is 22.2. The Balaban J connectivity index is 1.30. The van der Waals surface area contributed by atoms with Crippen molar-refractivity contribution in [1.82, 2.24) is 20.0 Å². The van der Waals surface area contributed by atoms with E-state index in [1.54, 1.807) is 4.90 Å². The van der Waals surface area contributed by atoms with Gasteiger partial charge in [0.15, 0.2) is 5.82 Å². The van der Waals surface area contributed by atoms with Crippen molar-refractivity contribution in [2.45, 2.75) is 32.3 Å². The van der Waals surface area contributed by atoms with Crippen molar-refractivity contribution >= 4 is 17.6 Å². The lowest BCUT2D eigenvalue weighted by molar-refractivity contribution is -0.141. The first-order chi connectivity index (χ1) is 15.6. The molecule has 8 heteroatoms. The molecule has 0 bridgehead atoms. The number of rotatable bonds is 7. The fourth-order valence-corrected chi connectivity index (χ4v) is 4.22. The summed E-state index contributed by atoms with van der Waals surface area (Å²) in [6.45, 7) is 5.79. The largest absolute Gasteiger partial charge is 0.376 e. The van der Waals surface area contributed by atoms with Crippen LogP contribution in [0.4, 0.5) is 5.82 Å². The fraction of sp³-hybridized carbons (Fsp3) is 0.500. The molecule has 2 aromatic rings. The number of carbonyl (C=O) groups excluding carboxylic acids is 2. The Morgan fingerprint density at radius 3 is 2.47 bits per heavy atom. The van der Waals surface area contributed by atoms with Crippen molar-refractivity contribution in [2.24, 2.45) is 0 Å². The van der Waals surface area contributed by atoms with Gasteiger partial charge in [0.1, 0.15) is 0 Å². The van der Waals surface area contributed by atoms with E-state index in [9.17, 15) is 9.59 Å². The summed E-state index contributed by atoms with van der Waals surface area (Å²) in [6, 6.07) is 13.9. The Bertz CT molecular complexity index is 892. The Hall–Kier alpha value is -3.00. The minimum atomic E-state index is -0.00467. The molecule has 2 fully saturated rings. The maximum Gasteiger partial charge on any atom is 0.242 e. The summed E-state index contributed by atoms with van der Waals surface area (Å²) < 4.78 is 5.67. The van der Waals surface area contributed by atoms with Gasteiger partial charge in [0, 0.05) is 51.3 Å². The van der Waals surface area contributed by atoms with Crippen molar-refractivity contribution in [3.8, 4) is 11.3 Å². The number of amides is 2. The molecule has 0 radical (unpaired) electrons. The smallest absolute Gasteiger partial charge is 0.242 e. The number of benzene rings is 1. The zero-order valence-corrected chi connectivity index (χ0v) is 18.7. The number of nitrogens with zero attached hydrogens (tertiary/aromatic N) is 5. The highest BCUT2D eigenvalue weighted by atomic mass is 16.5. The molecule has 0 aliphatic carbocycles. The molecule has 1 atom stereocenters. The van der Waals surface area contributed by atoms with E-state index < -0.39 is 0 Å². The van der Waals surface area contributed by atoms with E-state index in [1.165, 1.54) is 0 Å². The molecule has 8 nitrogen and oxygen atoms in total. The number of carbonyl (C=O) groups is 2. The second kappa shape index (κ2) is 10.5. The van der Waals surface area contributed by atoms with E-state index in [0.717, 1.165) is 36.5 Å². The molecule has 4 rings (SSSR count). The fourth-order valence-electron chi connectivity index (χ4n) is 4.22. The molecule has 3 heterocycles. The van der Waals surface area contributed by atoms with Crippen LogP contribution in [0, 0.1) is 0 Å². The van der Waals surface area contributed by atoms with E-state index in [0.29, 0.717) is 39.1 Å². The van der Waals surface area contributed by atoms with Gasteiger partial charge in [0.2, 0.25) is 11.8 Å². The van der Waals surface area contributed by atoms with Crippen LogP contribution in [0.5, 0.6) is 0 Å². The van der Waals surface area contributed by atoms with Gasteiger partial charge in [0.25, 0.3) is 0 Å². The molecule has 1 aromatic heterocycles. The number of hydrogen-bond acceptors (Lipinski definition) is 6. The number of aromatic nitrogens is 2. The second-order valence-electron chi connectivity index (χ2n) is 8.27. The first-order valence-electron chi connectivity index (χ1n) is 11.5. The molecule has 2 aliphatic heterocycles. The minimum absolute atomic E-state index is 0.00117. The molecular formula is C24H31N5O3. The van der Waals surface area contributed by atoms with Crippen molar-refractivity contribution in [3.63, 3.8) is 0 Å². The van der Waals surface area contributed by atoms with Crippen LogP contribution >= 0.6 is 0 Å². The van der Waals surface area contributed by atoms with Gasteiger partial charge < -0.3 is 19.4 Å². The summed E-state index contributed by atoms with van der Waals surface area (Å²) in [6.07, 6.45) is 2.41. The Kier molecular flexibility index (Phi) is 7.32. The van der Waals surface area contributed by atoms with E-state index in [-0.39, 0.29) is 24.5 Å². The van der Waals surface area contributed by atoms with Gasteiger partial charge >= 0.3 is 0 Å². The topological polar surface area (TPSA) is 78.9 Å². The summed E-state index contributed by atoms with van der Waals surface area (Å²) in [4.78, 5) is 30.9. The first-order valence-corrected chi connectivity index (χ1v) is 11.5. The Labute approximate surface area is 189 Å². The summed E-state index contributed by atoms with van der Waals surface area (Å²) >= 11 is 0. The average Bonchev–Trinajstić information content (AvgIpc) is 3.37. The van der Waals surface area contributed by atoms with Crippen LogP contribution in [0.15, 0.2) is 42.5 Å². The third-order valence-corrected chi connectivity index (χ3v) is 6.11. The van der Waals surface area contributed by atoms with Gasteiger partial charge in [-0.05, 0) is 25.0 Å². The van der Waals surface area contributed by atoms with Crippen LogP contribution < -0.4 is 4.90 Å². The standard InChI is InChI=1S/C24H31N5O3/c1-2-23(30)29(17-20-9-6-16-32-20)18-24(31)28-14-12-27(13-15-28)22-11-10-21(25-26-22)19-7-4-3-5-8-19/h3-5,7-8,10-11,20H,2,6,9,12-18H2,1H3. The van der Waals surface area contributed by atoms with Gasteiger partial charge in [-0.3, -0.25) is 9.59 Å². The normalized spacial score (nSPS) is 18.6. The minimum Gasteiger partial charge on any atom is -0.376 e. The van der Waals surface area contributed by atoms with Gasteiger partial charge in [-0.1, -0.05) is 37.3 Å². The molecule has 170 valence electrons. The quantitative estimate of drug-likeness (QED) is 0.661. The van der Waals surface area contributed by atoms with Crippen molar-refractivity contribution in [1.29, 1.82) is 0 Å². The van der Waals surface area contributed by atoms with E-state index in [1.807, 2.05) is 54.3 Å². The van der Waals surface area contributed by atoms with Crippen LogP contribution in [0.2, 0.25) is 0 Å². The van der Waals surface area contributed by atoms with E-state index in [2.05, 4.69) is 15.1 Å². The summed E-state index contributed by atoms with van der Waals surface area (Å²) in [5, 5.41) is 8.76. The molecule has 0 spiro atoms. The van der Waals surface area contributed by atoms with Crippen molar-refractivity contribution < 1.29 is 14.3 Å². The van der Waals surface area contributed by atoms with Crippen LogP contribution in [0.3, 0.4) is 0 Å². The zero-order chi connectivity index (χ0) is 22.3. The predicted molar refractivity (Wildman–Crippen MR) is 122 cm³/mol. The molecule has 1 unspecified atom stereocenters. The second-order valence-corrected chi connectivity index (χ2v) is 8.27. The molecule has 32 heavy (non-hydrogen) atoms. The average molecular weight is 438 g/mol. The van der Waals surface area contributed by atoms with Gasteiger partial charge in [-0.2, -0.15) is 0 Å². The van der Waals surface area contributed by atoms with Gasteiger partial charge in [0.05, 0.1) is 18.3 Å². The maximum absolute atomic E-state index is 12.9. The third-order valence-electron chi connectivity index (χ3n) is 6.11. The lowest BCUT2D eigenvalue weighted by Crippen LogP contribution is -2.52. The van der Waals surface area contributed by atoms with Crippen molar-refractivity contribution in [2.75, 3.05) is 50.8 Å². The Morgan fingerprint density at radius 2 is 1.84 bits per heavy atom. The van der Waals surface area contributed by atoms with Crippen molar-refractivity contribution in [3.05, 3.63) is 42.5 Å². The maximum atomic E-state index is 12.9. The third kappa shape index (κ3) is 5.43. The number of anilines is 1. The molecule has 1 aromatic carbocycles. The van der Waals surface area contributed by atoms with E-state index in [4.69, 9.17) is 4.74 Å². The molecule has 2 amide bonds. The SMILES string of the molecule is CCC(=O)N(CC(=O)N1CCN(c2ccc(-c3ccccc3)nn2)CC1)CC1CCCO1. The highest BCUT2D eigenvalue weighted by Gasteiger charge is 2.27. The Morgan fingerprint density at radius 1 is 1.06 bits per heavy atom. The highest BCUT2D eigenvalue weighted by Crippen LogP contribution is 2.19. The summed E-state index contributed by atoms with van der Waals surface area (Å²) in [5.74, 6) is 0.814.